The lowest BCUT2D eigenvalue weighted by molar-refractivity contribution is -0.137. The van der Waals surface area contributed by atoms with Gasteiger partial charge in [-0.2, -0.15) is 13.2 Å². The fourth-order valence-corrected chi connectivity index (χ4v) is 4.27. The van der Waals surface area contributed by atoms with Crippen LogP contribution in [-0.2, 0) is 6.18 Å². The molecule has 2 aromatic heterocycles. The number of nitrogens with one attached hydrogen (secondary N) is 1. The Morgan fingerprint density at radius 3 is 2.64 bits per heavy atom. The van der Waals surface area contributed by atoms with Crippen LogP contribution in [0.15, 0.2) is 30.5 Å². The van der Waals surface area contributed by atoms with Gasteiger partial charge in [-0.3, -0.25) is 9.30 Å². The molecule has 3 heterocycles. The Labute approximate surface area is 187 Å². The molecule has 33 heavy (non-hydrogen) atoms. The maximum atomic E-state index is 14.6. The minimum absolute atomic E-state index is 0.0306. The molecule has 178 valence electrons. The topological polar surface area (TPSA) is 85.9 Å². The number of rotatable bonds is 5. The largest absolute Gasteiger partial charge is 0.507 e. The summed E-state index contributed by atoms with van der Waals surface area (Å²) in [5, 5.41) is 31.8. The van der Waals surface area contributed by atoms with Gasteiger partial charge in [-0.1, -0.05) is 0 Å². The van der Waals surface area contributed by atoms with E-state index in [4.69, 9.17) is 0 Å². The van der Waals surface area contributed by atoms with Gasteiger partial charge in [0.25, 0.3) is 0 Å². The summed E-state index contributed by atoms with van der Waals surface area (Å²) in [6.45, 7) is 5.60. The summed E-state index contributed by atoms with van der Waals surface area (Å²) in [5.41, 5.74) is -2.23. The Bertz CT molecular complexity index is 1130. The van der Waals surface area contributed by atoms with Crippen molar-refractivity contribution in [2.45, 2.75) is 44.5 Å². The van der Waals surface area contributed by atoms with Crippen molar-refractivity contribution in [1.82, 2.24) is 19.5 Å². The van der Waals surface area contributed by atoms with Gasteiger partial charge in [0.2, 0.25) is 5.95 Å². The minimum Gasteiger partial charge on any atom is -0.507 e. The van der Waals surface area contributed by atoms with Gasteiger partial charge >= 0.3 is 6.18 Å². The highest BCUT2D eigenvalue weighted by atomic mass is 19.4. The van der Waals surface area contributed by atoms with Crippen molar-refractivity contribution in [2.24, 2.45) is 0 Å². The monoisotopic (exact) mass is 467 g/mol. The number of hydrogen-bond acceptors (Lipinski definition) is 6. The molecule has 11 heteroatoms. The zero-order valence-corrected chi connectivity index (χ0v) is 18.2. The molecular weight excluding hydrogens is 442 g/mol. The summed E-state index contributed by atoms with van der Waals surface area (Å²) < 4.78 is 55.1. The van der Waals surface area contributed by atoms with Crippen molar-refractivity contribution < 1.29 is 27.8 Å². The number of aromatic hydroxyl groups is 1. The van der Waals surface area contributed by atoms with Crippen LogP contribution < -0.4 is 5.32 Å². The summed E-state index contributed by atoms with van der Waals surface area (Å²) in [4.78, 5) is 2.16. The number of aliphatic hydroxyl groups is 1. The number of piperidine rings is 1. The fraction of sp³-hybridized carbons (Fsp3) is 0.455. The third-order valence-electron chi connectivity index (χ3n) is 5.55. The SMILES string of the molecule is CC(C)(O)CN1CCC[C@@H](Nc2nnc(-c3c(O)cc(C(F)(F)F)cc3F)c3cccn23)C1. The molecule has 0 aliphatic carbocycles. The quantitative estimate of drug-likeness (QED) is 0.494. The van der Waals surface area contributed by atoms with Gasteiger partial charge in [0.15, 0.2) is 0 Å². The molecule has 4 rings (SSSR count). The smallest absolute Gasteiger partial charge is 0.416 e. The number of nitrogens with zero attached hydrogens (tertiary/aromatic N) is 4. The summed E-state index contributed by atoms with van der Waals surface area (Å²) in [6.07, 6.45) is -1.31. The Kier molecular flexibility index (Phi) is 5.95. The molecule has 0 unspecified atom stereocenters. The van der Waals surface area contributed by atoms with Crippen LogP contribution in [0.3, 0.4) is 0 Å². The average molecular weight is 467 g/mol. The van der Waals surface area contributed by atoms with Crippen LogP contribution in [0.2, 0.25) is 0 Å². The number of halogens is 4. The molecule has 0 spiro atoms. The van der Waals surface area contributed by atoms with E-state index in [1.54, 1.807) is 36.6 Å². The highest BCUT2D eigenvalue weighted by molar-refractivity contribution is 5.81. The van der Waals surface area contributed by atoms with Crippen molar-refractivity contribution in [2.75, 3.05) is 25.0 Å². The molecular formula is C22H25F4N5O2. The molecule has 1 aromatic carbocycles. The number of anilines is 1. The molecule has 1 aliphatic heterocycles. The molecule has 3 N–H and O–H groups in total. The second kappa shape index (κ2) is 8.45. The van der Waals surface area contributed by atoms with Gasteiger partial charge in [0.05, 0.1) is 22.2 Å². The van der Waals surface area contributed by atoms with Crippen molar-refractivity contribution in [3.05, 3.63) is 41.8 Å². The van der Waals surface area contributed by atoms with Crippen LogP contribution in [0.5, 0.6) is 5.75 Å². The summed E-state index contributed by atoms with van der Waals surface area (Å²) in [7, 11) is 0. The summed E-state index contributed by atoms with van der Waals surface area (Å²) in [6, 6.07) is 4.14. The Balaban J connectivity index is 1.64. The zero-order chi connectivity index (χ0) is 24.0. The van der Waals surface area contributed by atoms with E-state index in [2.05, 4.69) is 20.4 Å². The lowest BCUT2D eigenvalue weighted by Gasteiger charge is -2.36. The molecule has 1 aliphatic rings. The van der Waals surface area contributed by atoms with Crippen LogP contribution in [0.1, 0.15) is 32.3 Å². The number of phenolic OH excluding ortho intramolecular Hbond substituents is 1. The lowest BCUT2D eigenvalue weighted by Crippen LogP contribution is -2.47. The number of fused-ring (bicyclic) bond motifs is 1. The van der Waals surface area contributed by atoms with Gasteiger partial charge in [0.1, 0.15) is 17.3 Å². The van der Waals surface area contributed by atoms with Crippen LogP contribution in [0.4, 0.5) is 23.5 Å². The molecule has 3 aromatic rings. The van der Waals surface area contributed by atoms with Crippen molar-refractivity contribution in [3.8, 4) is 17.0 Å². The predicted molar refractivity (Wildman–Crippen MR) is 114 cm³/mol. The highest BCUT2D eigenvalue weighted by Gasteiger charge is 2.33. The number of aromatic nitrogens is 3. The first-order valence-electron chi connectivity index (χ1n) is 10.6. The van der Waals surface area contributed by atoms with Crippen molar-refractivity contribution in [3.63, 3.8) is 0 Å². The minimum atomic E-state index is -4.79. The van der Waals surface area contributed by atoms with Crippen molar-refractivity contribution >= 4 is 11.5 Å². The molecule has 1 saturated heterocycles. The maximum Gasteiger partial charge on any atom is 0.416 e. The van der Waals surface area contributed by atoms with E-state index in [0.717, 1.165) is 19.4 Å². The zero-order valence-electron chi connectivity index (χ0n) is 18.2. The van der Waals surface area contributed by atoms with E-state index in [1.807, 2.05) is 0 Å². The Morgan fingerprint density at radius 1 is 1.21 bits per heavy atom. The third kappa shape index (κ3) is 5.03. The lowest BCUT2D eigenvalue weighted by atomic mass is 10.0. The van der Waals surface area contributed by atoms with Crippen LogP contribution >= 0.6 is 0 Å². The van der Waals surface area contributed by atoms with Crippen LogP contribution in [-0.4, -0.2) is 61.0 Å². The van der Waals surface area contributed by atoms with Crippen molar-refractivity contribution in [1.29, 1.82) is 0 Å². The Hall–Kier alpha value is -2.92. The first kappa shape index (κ1) is 23.2. The van der Waals surface area contributed by atoms with Crippen LogP contribution in [0, 0.1) is 5.82 Å². The highest BCUT2D eigenvalue weighted by Crippen LogP contribution is 2.39. The third-order valence-corrected chi connectivity index (χ3v) is 5.55. The van der Waals surface area contributed by atoms with Gasteiger partial charge in [0, 0.05) is 25.3 Å². The van der Waals surface area contributed by atoms with Crippen LogP contribution in [0.25, 0.3) is 16.8 Å². The standard InChI is InChI=1S/C22H25F4N5O2/c1-21(2,33)12-30-7-3-5-14(11-30)27-20-29-28-19(16-6-4-8-31(16)20)18-15(23)9-13(10-17(18)32)22(24,25)26/h4,6,8-10,14,32-33H,3,5,7,11-12H2,1-2H3,(H,27,29)/t14-/m1/s1. The second-order valence-electron chi connectivity index (χ2n) is 9.02. The van der Waals surface area contributed by atoms with Gasteiger partial charge in [-0.25, -0.2) is 4.39 Å². The van der Waals surface area contributed by atoms with Gasteiger partial charge < -0.3 is 15.5 Å². The maximum absolute atomic E-state index is 14.6. The second-order valence-corrected chi connectivity index (χ2v) is 9.02. The molecule has 1 fully saturated rings. The van der Waals surface area contributed by atoms with E-state index in [9.17, 15) is 27.8 Å². The number of likely N-dealkylation sites (tertiary alicyclic amines) is 1. The summed E-state index contributed by atoms with van der Waals surface area (Å²) in [5.74, 6) is -1.72. The normalized spacial score (nSPS) is 18.1. The molecule has 0 saturated carbocycles. The molecule has 1 atom stereocenters. The number of alkyl halides is 3. The molecule has 0 bridgehead atoms. The number of phenols is 1. The number of β-amino-alcohol motifs (C(OH)–C–C–N with tert-alkyl or cyclic N) is 1. The first-order chi connectivity index (χ1) is 15.4. The number of benzene rings is 1. The molecule has 0 amide bonds. The molecule has 7 nitrogen and oxygen atoms in total. The molecule has 0 radical (unpaired) electrons. The fourth-order valence-electron chi connectivity index (χ4n) is 4.27. The van der Waals surface area contributed by atoms with Gasteiger partial charge in [-0.15, -0.1) is 10.2 Å². The van der Waals surface area contributed by atoms with E-state index in [1.165, 1.54) is 0 Å². The van der Waals surface area contributed by atoms with E-state index in [-0.39, 0.29) is 11.7 Å². The first-order valence-corrected chi connectivity index (χ1v) is 10.6. The predicted octanol–water partition coefficient (Wildman–Crippen LogP) is 3.91. The van der Waals surface area contributed by atoms with E-state index >= 15 is 0 Å². The van der Waals surface area contributed by atoms with E-state index < -0.39 is 34.5 Å². The number of hydrogen-bond donors (Lipinski definition) is 3. The summed E-state index contributed by atoms with van der Waals surface area (Å²) >= 11 is 0. The Morgan fingerprint density at radius 2 is 1.97 bits per heavy atom. The average Bonchev–Trinajstić information content (AvgIpc) is 3.17. The van der Waals surface area contributed by atoms with E-state index in [0.29, 0.717) is 36.7 Å². The van der Waals surface area contributed by atoms with Gasteiger partial charge in [-0.05, 0) is 57.5 Å².